The lowest BCUT2D eigenvalue weighted by atomic mass is 10.2. The van der Waals surface area contributed by atoms with Crippen molar-refractivity contribution in [1.82, 2.24) is 0 Å². The van der Waals surface area contributed by atoms with Gasteiger partial charge in [-0.25, -0.2) is 0 Å². The van der Waals surface area contributed by atoms with Crippen LogP contribution in [0.1, 0.15) is 0 Å². The molecule has 17 heavy (non-hydrogen) atoms. The Morgan fingerprint density at radius 3 is 2.12 bits per heavy atom. The lowest BCUT2D eigenvalue weighted by Gasteiger charge is -2.04. The van der Waals surface area contributed by atoms with Gasteiger partial charge in [-0.1, -0.05) is 0 Å². The molecule has 0 unspecified atom stereocenters. The molecule has 0 radical (unpaired) electrons. The maximum Gasteiger partial charge on any atom is 0.296 e. The Kier molecular flexibility index (Phi) is 2.51. The van der Waals surface area contributed by atoms with E-state index in [-0.39, 0.29) is 11.0 Å². The Balaban J connectivity index is 3.06. The molecule has 0 aliphatic heterocycles. The van der Waals surface area contributed by atoms with Crippen molar-refractivity contribution >= 4 is 31.2 Å². The summed E-state index contributed by atoms with van der Waals surface area (Å²) in [6.07, 6.45) is 1.13. The molecule has 0 atom stereocenters. The van der Waals surface area contributed by atoms with E-state index in [1.165, 1.54) is 12.1 Å². The van der Waals surface area contributed by atoms with Crippen LogP contribution in [-0.4, -0.2) is 25.9 Å². The number of hydrogen-bond donors (Lipinski definition) is 2. The highest BCUT2D eigenvalue weighted by Gasteiger charge is 2.27. The lowest BCUT2D eigenvalue weighted by Crippen LogP contribution is -2.08. The molecule has 1 aromatic carbocycles. The first-order chi connectivity index (χ1) is 7.71. The zero-order chi connectivity index (χ0) is 12.8. The van der Waals surface area contributed by atoms with Crippen LogP contribution < -0.4 is 0 Å². The molecule has 0 saturated carbocycles. The summed E-state index contributed by atoms with van der Waals surface area (Å²) in [5, 5.41) is -0.123. The average molecular weight is 278 g/mol. The zero-order valence-corrected chi connectivity index (χ0v) is 9.69. The van der Waals surface area contributed by atoms with Gasteiger partial charge in [0.25, 0.3) is 20.2 Å². The Hall–Kier alpha value is -1.42. The van der Waals surface area contributed by atoms with E-state index in [2.05, 4.69) is 0 Å². The van der Waals surface area contributed by atoms with E-state index in [0.29, 0.717) is 0 Å². The van der Waals surface area contributed by atoms with Crippen molar-refractivity contribution in [2.24, 2.45) is 0 Å². The molecule has 0 aliphatic carbocycles. The van der Waals surface area contributed by atoms with Gasteiger partial charge in [0.05, 0.1) is 6.26 Å². The number of hydrogen-bond acceptors (Lipinski definition) is 5. The number of rotatable bonds is 2. The van der Waals surface area contributed by atoms with Crippen LogP contribution in [0.5, 0.6) is 0 Å². The predicted molar refractivity (Wildman–Crippen MR) is 55.8 cm³/mol. The molecule has 2 rings (SSSR count). The molecule has 0 spiro atoms. The van der Waals surface area contributed by atoms with Gasteiger partial charge in [-0.15, -0.1) is 0 Å². The van der Waals surface area contributed by atoms with E-state index in [1.807, 2.05) is 0 Å². The highest BCUT2D eigenvalue weighted by atomic mass is 32.2. The molecule has 2 aromatic rings. The minimum Gasteiger partial charge on any atom is -0.464 e. The Bertz CT molecular complexity index is 782. The molecule has 0 bridgehead atoms. The highest BCUT2D eigenvalue weighted by Crippen LogP contribution is 2.30. The molecule has 9 heteroatoms. The standard InChI is InChI=1S/C8H6O7S2/c9-16(10,11)7-2-1-6-5(3-4-15-6)8(7)17(12,13)14/h1-4H,(H,9,10,11)(H,12,13,14). The first-order valence-electron chi connectivity index (χ1n) is 4.16. The molecule has 0 saturated heterocycles. The van der Waals surface area contributed by atoms with E-state index in [9.17, 15) is 16.8 Å². The van der Waals surface area contributed by atoms with Gasteiger partial charge in [-0.3, -0.25) is 9.11 Å². The summed E-state index contributed by atoms with van der Waals surface area (Å²) in [5.74, 6) is 0. The first kappa shape index (κ1) is 12.0. The number of furan rings is 1. The fraction of sp³-hybridized carbons (Fsp3) is 0. The third kappa shape index (κ3) is 2.05. The van der Waals surface area contributed by atoms with Crippen molar-refractivity contribution in [3.8, 4) is 0 Å². The molecule has 0 aliphatic rings. The van der Waals surface area contributed by atoms with E-state index >= 15 is 0 Å². The van der Waals surface area contributed by atoms with Gasteiger partial charge >= 0.3 is 0 Å². The normalized spacial score (nSPS) is 13.1. The fourth-order valence-electron chi connectivity index (χ4n) is 1.47. The Labute approximate surface area is 96.2 Å². The van der Waals surface area contributed by atoms with Crippen molar-refractivity contribution < 1.29 is 30.4 Å². The Morgan fingerprint density at radius 1 is 0.941 bits per heavy atom. The van der Waals surface area contributed by atoms with Crippen LogP contribution in [0.2, 0.25) is 0 Å². The van der Waals surface area contributed by atoms with Gasteiger partial charge in [0.1, 0.15) is 15.4 Å². The van der Waals surface area contributed by atoms with Crippen LogP contribution in [-0.2, 0) is 20.2 Å². The van der Waals surface area contributed by atoms with Gasteiger partial charge in [0.15, 0.2) is 0 Å². The third-order valence-corrected chi connectivity index (χ3v) is 4.07. The molecule has 2 N–H and O–H groups in total. The first-order valence-corrected chi connectivity index (χ1v) is 7.04. The van der Waals surface area contributed by atoms with Gasteiger partial charge in [0.2, 0.25) is 0 Å². The molecule has 0 amide bonds. The summed E-state index contributed by atoms with van der Waals surface area (Å²) >= 11 is 0. The lowest BCUT2D eigenvalue weighted by molar-refractivity contribution is 0.467. The van der Waals surface area contributed by atoms with Crippen LogP contribution >= 0.6 is 0 Å². The van der Waals surface area contributed by atoms with Gasteiger partial charge in [-0.05, 0) is 18.2 Å². The van der Waals surface area contributed by atoms with E-state index in [4.69, 9.17) is 13.5 Å². The van der Waals surface area contributed by atoms with Crippen LogP contribution in [0.3, 0.4) is 0 Å². The number of fused-ring (bicyclic) bond motifs is 1. The van der Waals surface area contributed by atoms with Crippen LogP contribution in [0.25, 0.3) is 11.0 Å². The van der Waals surface area contributed by atoms with E-state index < -0.39 is 30.0 Å². The van der Waals surface area contributed by atoms with Crippen LogP contribution in [0.15, 0.2) is 38.7 Å². The van der Waals surface area contributed by atoms with Gasteiger partial charge < -0.3 is 4.42 Å². The monoisotopic (exact) mass is 278 g/mol. The fourth-order valence-corrected chi connectivity index (χ4v) is 3.45. The predicted octanol–water partition coefficient (Wildman–Crippen LogP) is 0.926. The molecule has 92 valence electrons. The molecular formula is C8H6O7S2. The maximum absolute atomic E-state index is 11.2. The summed E-state index contributed by atoms with van der Waals surface area (Å²) in [7, 11) is -9.58. The second-order valence-corrected chi connectivity index (χ2v) is 5.92. The minimum absolute atomic E-state index is 0.0741. The maximum atomic E-state index is 11.2. The molecule has 1 heterocycles. The molecule has 7 nitrogen and oxygen atoms in total. The molecule has 1 aromatic heterocycles. The van der Waals surface area contributed by atoms with Crippen molar-refractivity contribution in [3.05, 3.63) is 24.5 Å². The van der Waals surface area contributed by atoms with Gasteiger partial charge in [0, 0.05) is 5.39 Å². The van der Waals surface area contributed by atoms with Crippen molar-refractivity contribution in [2.75, 3.05) is 0 Å². The second-order valence-electron chi connectivity index (χ2n) is 3.18. The second kappa shape index (κ2) is 3.53. The average Bonchev–Trinajstić information content (AvgIpc) is 2.59. The molecular weight excluding hydrogens is 272 g/mol. The third-order valence-electron chi connectivity index (χ3n) is 2.09. The summed E-state index contributed by atoms with van der Waals surface area (Å²) in [6, 6.07) is 3.19. The van der Waals surface area contributed by atoms with Crippen molar-refractivity contribution in [2.45, 2.75) is 9.79 Å². The topological polar surface area (TPSA) is 122 Å². The highest BCUT2D eigenvalue weighted by molar-refractivity contribution is 7.89. The summed E-state index contributed by atoms with van der Waals surface area (Å²) in [6.45, 7) is 0. The van der Waals surface area contributed by atoms with Gasteiger partial charge in [-0.2, -0.15) is 16.8 Å². The Morgan fingerprint density at radius 2 is 1.59 bits per heavy atom. The largest absolute Gasteiger partial charge is 0.464 e. The summed E-state index contributed by atoms with van der Waals surface area (Å²) in [4.78, 5) is -1.79. The van der Waals surface area contributed by atoms with E-state index in [1.54, 1.807) is 0 Å². The number of benzene rings is 1. The van der Waals surface area contributed by atoms with E-state index in [0.717, 1.165) is 12.3 Å². The minimum atomic E-state index is -4.81. The van der Waals surface area contributed by atoms with Crippen molar-refractivity contribution in [3.63, 3.8) is 0 Å². The van der Waals surface area contributed by atoms with Crippen LogP contribution in [0.4, 0.5) is 0 Å². The quantitative estimate of drug-likeness (QED) is 0.783. The summed E-state index contributed by atoms with van der Waals surface area (Å²) < 4.78 is 67.1. The molecule has 0 fully saturated rings. The SMILES string of the molecule is O=S(=O)(O)c1ccc2occc2c1S(=O)(=O)O. The zero-order valence-electron chi connectivity index (χ0n) is 8.06. The van der Waals surface area contributed by atoms with Crippen molar-refractivity contribution in [1.29, 1.82) is 0 Å². The van der Waals surface area contributed by atoms with Crippen LogP contribution in [0, 0.1) is 0 Å². The smallest absolute Gasteiger partial charge is 0.296 e. The summed E-state index contributed by atoms with van der Waals surface area (Å²) in [5.41, 5.74) is 0.0741.